The van der Waals surface area contributed by atoms with Gasteiger partial charge in [0.15, 0.2) is 0 Å². The van der Waals surface area contributed by atoms with Crippen molar-refractivity contribution in [2.75, 3.05) is 11.6 Å². The molecule has 15 heavy (non-hydrogen) atoms. The van der Waals surface area contributed by atoms with Crippen molar-refractivity contribution in [3.63, 3.8) is 0 Å². The lowest BCUT2D eigenvalue weighted by molar-refractivity contribution is 1.46. The van der Waals surface area contributed by atoms with Gasteiger partial charge in [0.05, 0.1) is 17.7 Å². The predicted octanol–water partition coefficient (Wildman–Crippen LogP) is 3.07. The van der Waals surface area contributed by atoms with Crippen LogP contribution in [0.4, 0.5) is 5.69 Å². The molecule has 1 aromatic carbocycles. The summed E-state index contributed by atoms with van der Waals surface area (Å²) in [5, 5.41) is 12.3. The summed E-state index contributed by atoms with van der Waals surface area (Å²) in [5.74, 6) is 0. The first-order valence-electron chi connectivity index (χ1n) is 4.19. The van der Waals surface area contributed by atoms with Gasteiger partial charge in [-0.05, 0) is 18.4 Å². The number of thioether (sulfide) groups is 1. The second-order valence-electron chi connectivity index (χ2n) is 2.60. The zero-order valence-electron chi connectivity index (χ0n) is 8.19. The Labute approximate surface area is 93.2 Å². The van der Waals surface area contributed by atoms with Crippen LogP contribution in [0.1, 0.15) is 0 Å². The van der Waals surface area contributed by atoms with Crippen LogP contribution in [0.15, 0.2) is 41.1 Å². The van der Waals surface area contributed by atoms with E-state index in [1.807, 2.05) is 42.7 Å². The van der Waals surface area contributed by atoms with Crippen LogP contribution in [0.5, 0.6) is 0 Å². The second kappa shape index (κ2) is 5.74. The highest BCUT2D eigenvalue weighted by Gasteiger charge is 2.04. The third-order valence-electron chi connectivity index (χ3n) is 1.67. The lowest BCUT2D eigenvalue weighted by atomic mass is 10.3. The van der Waals surface area contributed by atoms with Crippen molar-refractivity contribution in [2.24, 2.45) is 0 Å². The van der Waals surface area contributed by atoms with Crippen LogP contribution in [0.25, 0.3) is 4.85 Å². The number of nitriles is 1. The van der Waals surface area contributed by atoms with Crippen molar-refractivity contribution in [1.29, 1.82) is 5.26 Å². The summed E-state index contributed by atoms with van der Waals surface area (Å²) < 4.78 is 0. The Morgan fingerprint density at radius 1 is 1.47 bits per heavy atom. The Balaban J connectivity index is 2.95. The first-order chi connectivity index (χ1) is 7.31. The van der Waals surface area contributed by atoms with Crippen LogP contribution < -0.4 is 5.32 Å². The van der Waals surface area contributed by atoms with Gasteiger partial charge in [-0.15, -0.1) is 11.8 Å². The molecule has 0 atom stereocenters. The number of para-hydroxylation sites is 1. The molecule has 0 amide bonds. The molecular weight excluding hydrogens is 206 g/mol. The Kier molecular flexibility index (Phi) is 4.28. The molecule has 0 radical (unpaired) electrons. The summed E-state index contributed by atoms with van der Waals surface area (Å²) in [6.07, 6.45) is 1.83. The number of hydrogen-bond donors (Lipinski definition) is 1. The highest BCUT2D eigenvalue weighted by atomic mass is 32.2. The Morgan fingerprint density at radius 2 is 2.13 bits per heavy atom. The molecule has 1 rings (SSSR count). The topological polar surface area (TPSA) is 40.2 Å². The van der Waals surface area contributed by atoms with Gasteiger partial charge in [-0.25, -0.2) is 10.1 Å². The first kappa shape index (κ1) is 11.2. The predicted molar refractivity (Wildman–Crippen MR) is 62.8 cm³/mol. The molecule has 0 saturated heterocycles. The van der Waals surface area contributed by atoms with Crippen LogP contribution in [0.2, 0.25) is 0 Å². The van der Waals surface area contributed by atoms with E-state index in [1.165, 1.54) is 11.8 Å². The molecule has 1 aromatic rings. The van der Waals surface area contributed by atoms with Crippen molar-refractivity contribution in [3.8, 4) is 6.07 Å². The van der Waals surface area contributed by atoms with Crippen molar-refractivity contribution in [1.82, 2.24) is 0 Å². The smallest absolute Gasteiger partial charge is 0.290 e. The molecule has 0 aliphatic carbocycles. The van der Waals surface area contributed by atoms with E-state index in [4.69, 9.17) is 11.8 Å². The normalized spacial score (nSPS) is 10.9. The van der Waals surface area contributed by atoms with Crippen molar-refractivity contribution in [2.45, 2.75) is 0 Å². The molecular formula is C11H9N3S. The minimum absolute atomic E-state index is 0.0892. The van der Waals surface area contributed by atoms with Crippen LogP contribution in [0.3, 0.4) is 0 Å². The maximum Gasteiger partial charge on any atom is 0.290 e. The number of benzene rings is 1. The number of rotatable bonds is 3. The monoisotopic (exact) mass is 215 g/mol. The van der Waals surface area contributed by atoms with Gasteiger partial charge in [0.1, 0.15) is 0 Å². The number of nitrogens with zero attached hydrogens (tertiary/aromatic N) is 2. The largest absolute Gasteiger partial charge is 0.358 e. The van der Waals surface area contributed by atoms with Gasteiger partial charge in [-0.1, -0.05) is 18.2 Å². The third-order valence-corrected chi connectivity index (χ3v) is 2.37. The average Bonchev–Trinajstić information content (AvgIpc) is 2.30. The highest BCUT2D eigenvalue weighted by Crippen LogP contribution is 2.20. The maximum absolute atomic E-state index is 8.73. The molecule has 0 heterocycles. The quantitative estimate of drug-likeness (QED) is 0.622. The number of hydrogen-bond acceptors (Lipinski definition) is 3. The van der Waals surface area contributed by atoms with Gasteiger partial charge < -0.3 is 5.32 Å². The van der Waals surface area contributed by atoms with E-state index in [2.05, 4.69) is 10.2 Å². The minimum atomic E-state index is 0.0892. The second-order valence-corrected chi connectivity index (χ2v) is 3.41. The lowest BCUT2D eigenvalue weighted by Gasteiger charge is -2.07. The molecule has 0 unspecified atom stereocenters. The van der Waals surface area contributed by atoms with Gasteiger partial charge in [0.25, 0.3) is 5.70 Å². The van der Waals surface area contributed by atoms with Crippen LogP contribution in [0, 0.1) is 17.9 Å². The summed E-state index contributed by atoms with van der Waals surface area (Å²) in [6, 6.07) is 11.3. The van der Waals surface area contributed by atoms with Crippen molar-refractivity contribution < 1.29 is 0 Å². The fourth-order valence-electron chi connectivity index (χ4n) is 0.986. The van der Waals surface area contributed by atoms with E-state index in [9.17, 15) is 0 Å². The zero-order chi connectivity index (χ0) is 11.1. The van der Waals surface area contributed by atoms with E-state index in [0.717, 1.165) is 5.69 Å². The molecule has 0 saturated carbocycles. The van der Waals surface area contributed by atoms with E-state index in [0.29, 0.717) is 5.03 Å². The molecule has 0 bridgehead atoms. The molecule has 0 aliphatic rings. The van der Waals surface area contributed by atoms with Gasteiger partial charge in [-0.2, -0.15) is 0 Å². The fraction of sp³-hybridized carbons (Fsp3) is 0.0909. The first-order valence-corrected chi connectivity index (χ1v) is 5.42. The SMILES string of the molecule is [C-]#[N+]/C(C#N)=C(\Nc1ccccc1)SC. The molecule has 4 heteroatoms. The molecule has 1 N–H and O–H groups in total. The number of nitrogens with one attached hydrogen (secondary N) is 1. The zero-order valence-corrected chi connectivity index (χ0v) is 9.01. The number of anilines is 1. The average molecular weight is 215 g/mol. The third kappa shape index (κ3) is 3.05. The van der Waals surface area contributed by atoms with Crippen LogP contribution >= 0.6 is 11.8 Å². The van der Waals surface area contributed by atoms with Gasteiger partial charge in [-0.3, -0.25) is 0 Å². The van der Waals surface area contributed by atoms with Crippen LogP contribution in [-0.2, 0) is 0 Å². The van der Waals surface area contributed by atoms with Crippen molar-refractivity contribution in [3.05, 3.63) is 52.5 Å². The molecule has 3 nitrogen and oxygen atoms in total. The van der Waals surface area contributed by atoms with E-state index in [1.54, 1.807) is 0 Å². The minimum Gasteiger partial charge on any atom is -0.358 e. The summed E-state index contributed by atoms with van der Waals surface area (Å²) in [4.78, 5) is 3.16. The van der Waals surface area contributed by atoms with E-state index < -0.39 is 0 Å². The van der Waals surface area contributed by atoms with Gasteiger partial charge in [0, 0.05) is 5.69 Å². The highest BCUT2D eigenvalue weighted by molar-refractivity contribution is 8.02. The maximum atomic E-state index is 8.73. The van der Waals surface area contributed by atoms with Crippen molar-refractivity contribution >= 4 is 17.4 Å². The van der Waals surface area contributed by atoms with Gasteiger partial charge in [0.2, 0.25) is 0 Å². The fourth-order valence-corrected chi connectivity index (χ4v) is 1.49. The molecule has 74 valence electrons. The molecule has 0 fully saturated rings. The number of allylic oxidation sites excluding steroid dienone is 1. The molecule has 0 aliphatic heterocycles. The Hall–Kier alpha value is -1.91. The van der Waals surface area contributed by atoms with E-state index in [-0.39, 0.29) is 5.70 Å². The molecule has 0 aromatic heterocycles. The van der Waals surface area contributed by atoms with Gasteiger partial charge >= 0.3 is 0 Å². The molecule has 0 spiro atoms. The summed E-state index contributed by atoms with van der Waals surface area (Å²) >= 11 is 1.35. The van der Waals surface area contributed by atoms with E-state index >= 15 is 0 Å². The Bertz CT molecular complexity index is 421. The standard InChI is InChI=1S/C11H9N3S/c1-13-10(8-12)11(15-2)14-9-6-4-3-5-7-9/h3-7,14H,2H3/b11-10+. The summed E-state index contributed by atoms with van der Waals surface area (Å²) in [5.41, 5.74) is 0.963. The summed E-state index contributed by atoms with van der Waals surface area (Å²) in [7, 11) is 0. The summed E-state index contributed by atoms with van der Waals surface area (Å²) in [6.45, 7) is 6.85. The Morgan fingerprint density at radius 3 is 2.60 bits per heavy atom. The van der Waals surface area contributed by atoms with Crippen LogP contribution in [-0.4, -0.2) is 6.26 Å². The lowest BCUT2D eigenvalue weighted by Crippen LogP contribution is -1.97.